The highest BCUT2D eigenvalue weighted by Gasteiger charge is 2.25. The Hall–Kier alpha value is -1.75. The minimum atomic E-state index is -0.0453. The van der Waals surface area contributed by atoms with Crippen molar-refractivity contribution in [3.63, 3.8) is 0 Å². The van der Waals surface area contributed by atoms with Gasteiger partial charge in [-0.1, -0.05) is 18.2 Å². The molecule has 0 saturated heterocycles. The highest BCUT2D eigenvalue weighted by molar-refractivity contribution is 5.89. The van der Waals surface area contributed by atoms with E-state index in [-0.39, 0.29) is 11.8 Å². The largest absolute Gasteiger partial charge is 0.375 e. The molecule has 0 fully saturated rings. The highest BCUT2D eigenvalue weighted by Crippen LogP contribution is 2.25. The summed E-state index contributed by atoms with van der Waals surface area (Å²) in [6.07, 6.45) is 2.03. The number of ketones is 1. The first kappa shape index (κ1) is 10.8. The summed E-state index contributed by atoms with van der Waals surface area (Å²) in [5.74, 6) is 6.00. The summed E-state index contributed by atoms with van der Waals surface area (Å²) in [5, 5.41) is 3.26. The molecule has 1 heterocycles. The van der Waals surface area contributed by atoms with E-state index in [0.29, 0.717) is 12.8 Å². The lowest BCUT2D eigenvalue weighted by molar-refractivity contribution is -0.119. The number of carbonyl (C=O) groups is 1. The van der Waals surface area contributed by atoms with Gasteiger partial charge in [-0.25, -0.2) is 0 Å². The van der Waals surface area contributed by atoms with Gasteiger partial charge in [0.1, 0.15) is 0 Å². The Labute approximate surface area is 96.1 Å². The Morgan fingerprint density at radius 3 is 3.06 bits per heavy atom. The number of Topliss-reactive ketones (excluding diaryl/α,β-unsaturated/α-hetero) is 1. The zero-order valence-corrected chi connectivity index (χ0v) is 9.42. The van der Waals surface area contributed by atoms with Crippen molar-refractivity contribution in [1.29, 1.82) is 0 Å². The quantitative estimate of drug-likeness (QED) is 0.781. The van der Waals surface area contributed by atoms with Gasteiger partial charge in [0.15, 0.2) is 5.78 Å². The molecule has 1 aliphatic rings. The third-order valence-corrected chi connectivity index (χ3v) is 2.83. The molecular formula is C14H15NO. The van der Waals surface area contributed by atoms with Gasteiger partial charge in [-0.05, 0) is 18.6 Å². The van der Waals surface area contributed by atoms with Gasteiger partial charge in [-0.3, -0.25) is 4.79 Å². The highest BCUT2D eigenvalue weighted by atomic mass is 16.1. The second-order valence-electron chi connectivity index (χ2n) is 3.95. The predicted molar refractivity (Wildman–Crippen MR) is 65.2 cm³/mol. The van der Waals surface area contributed by atoms with Crippen molar-refractivity contribution in [2.75, 3.05) is 5.32 Å². The summed E-state index contributed by atoms with van der Waals surface area (Å²) in [6.45, 7) is 1.80. The van der Waals surface area contributed by atoms with Crippen LogP contribution < -0.4 is 5.32 Å². The van der Waals surface area contributed by atoms with Crippen LogP contribution in [0.5, 0.6) is 0 Å². The SMILES string of the molecule is CC#CCCC(=O)C1Cc2ccccc2N1. The van der Waals surface area contributed by atoms with Gasteiger partial charge in [-0.2, -0.15) is 0 Å². The van der Waals surface area contributed by atoms with Gasteiger partial charge in [0.05, 0.1) is 6.04 Å². The van der Waals surface area contributed by atoms with Crippen molar-refractivity contribution in [1.82, 2.24) is 0 Å². The molecule has 2 nitrogen and oxygen atoms in total. The number of carbonyl (C=O) groups excluding carboxylic acids is 1. The van der Waals surface area contributed by atoms with E-state index in [2.05, 4.69) is 23.2 Å². The summed E-state index contributed by atoms with van der Waals surface area (Å²) in [6, 6.07) is 8.05. The summed E-state index contributed by atoms with van der Waals surface area (Å²) in [4.78, 5) is 11.9. The average molecular weight is 213 g/mol. The number of benzene rings is 1. The third kappa shape index (κ3) is 2.25. The van der Waals surface area contributed by atoms with Crippen molar-refractivity contribution >= 4 is 11.5 Å². The van der Waals surface area contributed by atoms with Crippen LogP contribution in [0.15, 0.2) is 24.3 Å². The summed E-state index contributed by atoms with van der Waals surface area (Å²) in [5.41, 5.74) is 2.34. The maximum Gasteiger partial charge on any atom is 0.156 e. The topological polar surface area (TPSA) is 29.1 Å². The minimum absolute atomic E-state index is 0.0453. The normalized spacial score (nSPS) is 16.9. The van der Waals surface area contributed by atoms with Crippen LogP contribution in [-0.2, 0) is 11.2 Å². The zero-order valence-electron chi connectivity index (χ0n) is 9.42. The van der Waals surface area contributed by atoms with Crippen molar-refractivity contribution in [3.05, 3.63) is 29.8 Å². The molecule has 1 aliphatic heterocycles. The molecule has 0 spiro atoms. The fraction of sp³-hybridized carbons (Fsp3) is 0.357. The molecule has 1 unspecified atom stereocenters. The monoisotopic (exact) mass is 213 g/mol. The molecule has 2 rings (SSSR count). The number of para-hydroxylation sites is 1. The fourth-order valence-electron chi connectivity index (χ4n) is 1.98. The van der Waals surface area contributed by atoms with Crippen LogP contribution in [0.4, 0.5) is 5.69 Å². The number of anilines is 1. The molecule has 1 aromatic rings. The van der Waals surface area contributed by atoms with Crippen molar-refractivity contribution < 1.29 is 4.79 Å². The Balaban J connectivity index is 1.95. The Kier molecular flexibility index (Phi) is 3.26. The maximum atomic E-state index is 11.9. The van der Waals surface area contributed by atoms with E-state index < -0.39 is 0 Å². The van der Waals surface area contributed by atoms with E-state index in [0.717, 1.165) is 12.1 Å². The zero-order chi connectivity index (χ0) is 11.4. The van der Waals surface area contributed by atoms with Crippen molar-refractivity contribution in [2.24, 2.45) is 0 Å². The predicted octanol–water partition coefficient (Wildman–Crippen LogP) is 2.40. The Morgan fingerprint density at radius 2 is 2.31 bits per heavy atom. The van der Waals surface area contributed by atoms with E-state index in [1.807, 2.05) is 18.2 Å². The first-order chi connectivity index (χ1) is 7.81. The van der Waals surface area contributed by atoms with Crippen LogP contribution in [0.2, 0.25) is 0 Å². The van der Waals surface area contributed by atoms with E-state index in [9.17, 15) is 4.79 Å². The number of nitrogens with one attached hydrogen (secondary N) is 1. The number of hydrogen-bond donors (Lipinski definition) is 1. The summed E-state index contributed by atoms with van der Waals surface area (Å²) in [7, 11) is 0. The molecule has 0 aliphatic carbocycles. The lowest BCUT2D eigenvalue weighted by Crippen LogP contribution is -2.26. The van der Waals surface area contributed by atoms with Crippen LogP contribution in [0, 0.1) is 11.8 Å². The summed E-state index contributed by atoms with van der Waals surface area (Å²) >= 11 is 0. The van der Waals surface area contributed by atoms with Gasteiger partial charge < -0.3 is 5.32 Å². The molecule has 0 bridgehead atoms. The molecule has 0 saturated carbocycles. The van der Waals surface area contributed by atoms with E-state index in [1.54, 1.807) is 6.92 Å². The molecule has 82 valence electrons. The Morgan fingerprint density at radius 1 is 1.50 bits per heavy atom. The van der Waals surface area contributed by atoms with Crippen LogP contribution in [0.25, 0.3) is 0 Å². The lowest BCUT2D eigenvalue weighted by Gasteiger charge is -2.08. The van der Waals surface area contributed by atoms with E-state index in [4.69, 9.17) is 0 Å². The fourth-order valence-corrected chi connectivity index (χ4v) is 1.98. The molecule has 0 radical (unpaired) electrons. The smallest absolute Gasteiger partial charge is 0.156 e. The molecular weight excluding hydrogens is 198 g/mol. The van der Waals surface area contributed by atoms with Crippen LogP contribution >= 0.6 is 0 Å². The van der Waals surface area contributed by atoms with Crippen LogP contribution in [0.3, 0.4) is 0 Å². The van der Waals surface area contributed by atoms with Gasteiger partial charge in [-0.15, -0.1) is 11.8 Å². The molecule has 0 amide bonds. The van der Waals surface area contributed by atoms with Gasteiger partial charge in [0.2, 0.25) is 0 Å². The first-order valence-corrected chi connectivity index (χ1v) is 5.58. The standard InChI is InChI=1S/C14H15NO/c1-2-3-4-9-14(16)13-10-11-7-5-6-8-12(11)15-13/h5-8,13,15H,4,9-10H2,1H3. The molecule has 16 heavy (non-hydrogen) atoms. The van der Waals surface area contributed by atoms with Gasteiger partial charge in [0.25, 0.3) is 0 Å². The van der Waals surface area contributed by atoms with E-state index >= 15 is 0 Å². The molecule has 1 atom stereocenters. The summed E-state index contributed by atoms with van der Waals surface area (Å²) < 4.78 is 0. The number of rotatable bonds is 3. The Bertz CT molecular complexity index is 428. The van der Waals surface area contributed by atoms with E-state index in [1.165, 1.54) is 5.56 Å². The van der Waals surface area contributed by atoms with Crippen LogP contribution in [-0.4, -0.2) is 11.8 Å². The molecule has 1 N–H and O–H groups in total. The van der Waals surface area contributed by atoms with Crippen molar-refractivity contribution in [3.8, 4) is 11.8 Å². The second-order valence-corrected chi connectivity index (χ2v) is 3.95. The molecule has 0 aromatic heterocycles. The average Bonchev–Trinajstić information content (AvgIpc) is 2.73. The molecule has 2 heteroatoms. The first-order valence-electron chi connectivity index (χ1n) is 5.58. The minimum Gasteiger partial charge on any atom is -0.375 e. The third-order valence-electron chi connectivity index (χ3n) is 2.83. The van der Waals surface area contributed by atoms with Crippen LogP contribution in [0.1, 0.15) is 25.3 Å². The number of hydrogen-bond acceptors (Lipinski definition) is 2. The lowest BCUT2D eigenvalue weighted by atomic mass is 10.0. The maximum absolute atomic E-state index is 11.9. The van der Waals surface area contributed by atoms with Gasteiger partial charge >= 0.3 is 0 Å². The van der Waals surface area contributed by atoms with Crippen molar-refractivity contribution in [2.45, 2.75) is 32.2 Å². The number of fused-ring (bicyclic) bond motifs is 1. The second kappa shape index (κ2) is 4.85. The van der Waals surface area contributed by atoms with Gasteiger partial charge in [0, 0.05) is 24.9 Å². The molecule has 1 aromatic carbocycles.